The summed E-state index contributed by atoms with van der Waals surface area (Å²) in [6, 6.07) is 0. The molecular formula is C7H9N3O4. The van der Waals surface area contributed by atoms with Crippen LogP contribution in [0.4, 0.5) is 5.82 Å². The summed E-state index contributed by atoms with van der Waals surface area (Å²) in [4.78, 5) is 12.3. The molecule has 2 heterocycles. The van der Waals surface area contributed by atoms with Crippen molar-refractivity contribution in [2.24, 2.45) is 0 Å². The summed E-state index contributed by atoms with van der Waals surface area (Å²) in [7, 11) is 0. The molecule has 1 fully saturated rings. The van der Waals surface area contributed by atoms with Crippen LogP contribution in [0, 0.1) is 0 Å². The average molecular weight is 199 g/mol. The van der Waals surface area contributed by atoms with Gasteiger partial charge in [0.1, 0.15) is 0 Å². The van der Waals surface area contributed by atoms with E-state index in [1.807, 2.05) is 0 Å². The van der Waals surface area contributed by atoms with Crippen LogP contribution >= 0.6 is 0 Å². The lowest BCUT2D eigenvalue weighted by Gasteiger charge is -2.12. The number of aliphatic hydroxyl groups is 1. The monoisotopic (exact) mass is 199 g/mol. The number of hydrogen-bond acceptors (Lipinski definition) is 6. The Labute approximate surface area is 78.9 Å². The molecule has 0 spiro atoms. The van der Waals surface area contributed by atoms with Crippen LogP contribution in [0.1, 0.15) is 16.9 Å². The van der Waals surface area contributed by atoms with E-state index in [0.29, 0.717) is 19.5 Å². The van der Waals surface area contributed by atoms with Gasteiger partial charge in [0.15, 0.2) is 0 Å². The minimum absolute atomic E-state index is 0.189. The number of carbonyl (C=O) groups is 1. The van der Waals surface area contributed by atoms with Crippen LogP contribution < -0.4 is 4.90 Å². The Morgan fingerprint density at radius 3 is 2.93 bits per heavy atom. The number of aromatic carboxylic acids is 1. The van der Waals surface area contributed by atoms with Crippen molar-refractivity contribution in [1.29, 1.82) is 0 Å². The molecule has 1 aromatic heterocycles. The molecular weight excluding hydrogens is 190 g/mol. The lowest BCUT2D eigenvalue weighted by Crippen LogP contribution is -2.23. The lowest BCUT2D eigenvalue weighted by atomic mass is 10.3. The molecule has 1 aliphatic rings. The smallest absolute Gasteiger partial charge is 0.362 e. The van der Waals surface area contributed by atoms with Gasteiger partial charge < -0.3 is 15.1 Å². The normalized spacial score (nSPS) is 21.5. The number of rotatable bonds is 2. The molecule has 2 rings (SSSR count). The Morgan fingerprint density at radius 1 is 1.57 bits per heavy atom. The van der Waals surface area contributed by atoms with Gasteiger partial charge >= 0.3 is 5.97 Å². The molecule has 7 nitrogen and oxygen atoms in total. The highest BCUT2D eigenvalue weighted by molar-refractivity contribution is 5.90. The van der Waals surface area contributed by atoms with Crippen molar-refractivity contribution in [3.8, 4) is 0 Å². The summed E-state index contributed by atoms with van der Waals surface area (Å²) in [5.41, 5.74) is -0.209. The van der Waals surface area contributed by atoms with E-state index in [2.05, 4.69) is 14.9 Å². The van der Waals surface area contributed by atoms with Crippen molar-refractivity contribution in [2.45, 2.75) is 12.5 Å². The lowest BCUT2D eigenvalue weighted by molar-refractivity contribution is 0.0685. The van der Waals surface area contributed by atoms with Crippen molar-refractivity contribution in [3.63, 3.8) is 0 Å². The quantitative estimate of drug-likeness (QED) is 0.652. The second-order valence-electron chi connectivity index (χ2n) is 3.13. The van der Waals surface area contributed by atoms with Gasteiger partial charge in [-0.3, -0.25) is 0 Å². The summed E-state index contributed by atoms with van der Waals surface area (Å²) in [6.45, 7) is 0.935. The van der Waals surface area contributed by atoms with Crippen LogP contribution in [0.3, 0.4) is 0 Å². The fraction of sp³-hybridized carbons (Fsp3) is 0.571. The number of aromatic nitrogens is 2. The van der Waals surface area contributed by atoms with E-state index in [1.165, 1.54) is 0 Å². The SMILES string of the molecule is O=C(O)c1nonc1N1CCC(O)C1. The van der Waals surface area contributed by atoms with Crippen LogP contribution in [-0.4, -0.2) is 45.7 Å². The molecule has 0 aromatic carbocycles. The van der Waals surface area contributed by atoms with E-state index in [-0.39, 0.29) is 11.5 Å². The van der Waals surface area contributed by atoms with Gasteiger partial charge in [-0.15, -0.1) is 0 Å². The van der Waals surface area contributed by atoms with Crippen molar-refractivity contribution in [1.82, 2.24) is 10.3 Å². The fourth-order valence-electron chi connectivity index (χ4n) is 1.46. The number of carboxylic acids is 1. The molecule has 0 radical (unpaired) electrons. The molecule has 1 atom stereocenters. The number of aliphatic hydroxyl groups excluding tert-OH is 1. The van der Waals surface area contributed by atoms with Crippen molar-refractivity contribution >= 4 is 11.8 Å². The Balaban J connectivity index is 2.23. The van der Waals surface area contributed by atoms with Crippen molar-refractivity contribution in [2.75, 3.05) is 18.0 Å². The van der Waals surface area contributed by atoms with E-state index in [4.69, 9.17) is 5.11 Å². The van der Waals surface area contributed by atoms with E-state index in [0.717, 1.165) is 0 Å². The number of anilines is 1. The highest BCUT2D eigenvalue weighted by atomic mass is 16.6. The Morgan fingerprint density at radius 2 is 2.36 bits per heavy atom. The van der Waals surface area contributed by atoms with Gasteiger partial charge in [-0.2, -0.15) is 0 Å². The minimum atomic E-state index is -1.18. The molecule has 0 aliphatic carbocycles. The zero-order valence-electron chi connectivity index (χ0n) is 7.25. The zero-order valence-corrected chi connectivity index (χ0v) is 7.25. The highest BCUT2D eigenvalue weighted by Crippen LogP contribution is 2.20. The van der Waals surface area contributed by atoms with E-state index in [9.17, 15) is 9.90 Å². The van der Waals surface area contributed by atoms with Crippen LogP contribution in [0.2, 0.25) is 0 Å². The van der Waals surface area contributed by atoms with Gasteiger partial charge in [0.05, 0.1) is 6.10 Å². The van der Waals surface area contributed by atoms with E-state index in [1.54, 1.807) is 4.90 Å². The third-order valence-corrected chi connectivity index (χ3v) is 2.14. The van der Waals surface area contributed by atoms with E-state index >= 15 is 0 Å². The first-order valence-electron chi connectivity index (χ1n) is 4.17. The summed E-state index contributed by atoms with van der Waals surface area (Å²) in [6.07, 6.45) is 0.166. The third kappa shape index (κ3) is 1.41. The van der Waals surface area contributed by atoms with Gasteiger partial charge in [-0.1, -0.05) is 0 Å². The Bertz CT molecular complexity index is 350. The number of nitrogens with zero attached hydrogens (tertiary/aromatic N) is 3. The fourth-order valence-corrected chi connectivity index (χ4v) is 1.46. The summed E-state index contributed by atoms with van der Waals surface area (Å²) < 4.78 is 4.35. The predicted octanol–water partition coefficient (Wildman–Crippen LogP) is -0.661. The van der Waals surface area contributed by atoms with Gasteiger partial charge in [-0.05, 0) is 16.7 Å². The first kappa shape index (κ1) is 8.95. The number of carboxylic acid groups (broad SMARTS) is 1. The maximum absolute atomic E-state index is 10.7. The molecule has 2 N–H and O–H groups in total. The van der Waals surface area contributed by atoms with Gasteiger partial charge in [-0.25, -0.2) is 9.42 Å². The molecule has 1 unspecified atom stereocenters. The highest BCUT2D eigenvalue weighted by Gasteiger charge is 2.28. The molecule has 0 saturated carbocycles. The maximum atomic E-state index is 10.7. The molecule has 1 saturated heterocycles. The summed E-state index contributed by atoms with van der Waals surface area (Å²) >= 11 is 0. The molecule has 0 amide bonds. The molecule has 1 aliphatic heterocycles. The Hall–Kier alpha value is -1.63. The average Bonchev–Trinajstić information content (AvgIpc) is 2.70. The van der Waals surface area contributed by atoms with Gasteiger partial charge in [0.25, 0.3) is 0 Å². The Kier molecular flexibility index (Phi) is 2.08. The van der Waals surface area contributed by atoms with Gasteiger partial charge in [0, 0.05) is 13.1 Å². The van der Waals surface area contributed by atoms with Gasteiger partial charge in [0.2, 0.25) is 11.5 Å². The second-order valence-corrected chi connectivity index (χ2v) is 3.13. The largest absolute Gasteiger partial charge is 0.476 e. The molecule has 7 heteroatoms. The van der Waals surface area contributed by atoms with Crippen LogP contribution in [0.5, 0.6) is 0 Å². The first-order valence-corrected chi connectivity index (χ1v) is 4.17. The standard InChI is InChI=1S/C7H9N3O4/c11-4-1-2-10(3-4)6-5(7(12)13)8-14-9-6/h4,11H,1-3H2,(H,12,13). The van der Waals surface area contributed by atoms with Crippen LogP contribution in [0.25, 0.3) is 0 Å². The van der Waals surface area contributed by atoms with Crippen LogP contribution in [-0.2, 0) is 0 Å². The first-order chi connectivity index (χ1) is 6.68. The molecule has 0 bridgehead atoms. The number of hydrogen-bond donors (Lipinski definition) is 2. The van der Waals surface area contributed by atoms with Crippen molar-refractivity contribution in [3.05, 3.63) is 5.69 Å². The molecule has 76 valence electrons. The molecule has 1 aromatic rings. The topological polar surface area (TPSA) is 99.7 Å². The predicted molar refractivity (Wildman–Crippen MR) is 44.1 cm³/mol. The second kappa shape index (κ2) is 3.26. The van der Waals surface area contributed by atoms with Crippen molar-refractivity contribution < 1.29 is 19.6 Å². The minimum Gasteiger partial charge on any atom is -0.476 e. The summed E-state index contributed by atoms with van der Waals surface area (Å²) in [5, 5.41) is 24.8. The number of β-amino-alcohol motifs (C(OH)–C–C–N with tert-alkyl or cyclic N) is 1. The maximum Gasteiger partial charge on any atom is 0.362 e. The molecule has 14 heavy (non-hydrogen) atoms. The van der Waals surface area contributed by atoms with E-state index < -0.39 is 12.1 Å². The zero-order chi connectivity index (χ0) is 10.1. The van der Waals surface area contributed by atoms with Crippen LogP contribution in [0.15, 0.2) is 4.63 Å². The summed E-state index contributed by atoms with van der Waals surface area (Å²) in [5.74, 6) is -0.989. The third-order valence-electron chi connectivity index (χ3n) is 2.14.